The summed E-state index contributed by atoms with van der Waals surface area (Å²) in [7, 11) is 0. The molecule has 0 spiro atoms. The molecule has 0 amide bonds. The van der Waals surface area contributed by atoms with Gasteiger partial charge in [-0.3, -0.25) is 4.98 Å². The highest BCUT2D eigenvalue weighted by molar-refractivity contribution is 9.10. The van der Waals surface area contributed by atoms with Crippen LogP contribution in [0.4, 0.5) is 0 Å². The van der Waals surface area contributed by atoms with Crippen molar-refractivity contribution in [2.45, 2.75) is 0 Å². The summed E-state index contributed by atoms with van der Waals surface area (Å²) in [4.78, 5) is 7.87. The molecule has 0 aromatic carbocycles. The van der Waals surface area contributed by atoms with Crippen LogP contribution in [0.5, 0.6) is 5.75 Å². The standard InChI is InChI=1S/C8H5BrN2O/c9-8-6-3-10-4-7(12)5(6)1-2-11-8/h1-4,12H. The van der Waals surface area contributed by atoms with Crippen molar-refractivity contribution in [2.75, 3.05) is 0 Å². The second-order valence-corrected chi connectivity index (χ2v) is 3.11. The number of aromatic nitrogens is 2. The van der Waals surface area contributed by atoms with Gasteiger partial charge in [0.1, 0.15) is 10.4 Å². The number of fused-ring (bicyclic) bond motifs is 1. The molecule has 2 aromatic heterocycles. The van der Waals surface area contributed by atoms with E-state index in [-0.39, 0.29) is 5.75 Å². The summed E-state index contributed by atoms with van der Waals surface area (Å²) in [5.41, 5.74) is 0. The van der Waals surface area contributed by atoms with Crippen molar-refractivity contribution in [3.8, 4) is 5.75 Å². The van der Waals surface area contributed by atoms with E-state index in [1.54, 1.807) is 18.5 Å². The Morgan fingerprint density at radius 2 is 2.08 bits per heavy atom. The smallest absolute Gasteiger partial charge is 0.141 e. The van der Waals surface area contributed by atoms with Gasteiger partial charge in [0.2, 0.25) is 0 Å². The molecule has 2 rings (SSSR count). The lowest BCUT2D eigenvalue weighted by Gasteiger charge is -1.99. The predicted octanol–water partition coefficient (Wildman–Crippen LogP) is 2.10. The summed E-state index contributed by atoms with van der Waals surface area (Å²) in [6, 6.07) is 1.75. The third-order valence-corrected chi connectivity index (χ3v) is 2.25. The van der Waals surface area contributed by atoms with E-state index in [9.17, 15) is 5.11 Å². The summed E-state index contributed by atoms with van der Waals surface area (Å²) < 4.78 is 0.698. The van der Waals surface area contributed by atoms with Crippen molar-refractivity contribution in [1.29, 1.82) is 0 Å². The first-order valence-electron chi connectivity index (χ1n) is 3.36. The van der Waals surface area contributed by atoms with Crippen LogP contribution in [0.1, 0.15) is 0 Å². The Hall–Kier alpha value is -1.16. The van der Waals surface area contributed by atoms with E-state index in [1.807, 2.05) is 0 Å². The second-order valence-electron chi connectivity index (χ2n) is 2.36. The molecule has 0 aliphatic rings. The third kappa shape index (κ3) is 1.04. The highest BCUT2D eigenvalue weighted by Gasteiger charge is 2.02. The lowest BCUT2D eigenvalue weighted by Crippen LogP contribution is -1.81. The van der Waals surface area contributed by atoms with E-state index in [2.05, 4.69) is 25.9 Å². The number of pyridine rings is 2. The van der Waals surface area contributed by atoms with E-state index in [1.165, 1.54) is 6.20 Å². The number of hydrogen-bond acceptors (Lipinski definition) is 3. The topological polar surface area (TPSA) is 46.0 Å². The van der Waals surface area contributed by atoms with Crippen LogP contribution in [-0.2, 0) is 0 Å². The van der Waals surface area contributed by atoms with Gasteiger partial charge < -0.3 is 5.11 Å². The molecule has 0 aliphatic heterocycles. The maximum Gasteiger partial charge on any atom is 0.141 e. The average molecular weight is 225 g/mol. The van der Waals surface area contributed by atoms with Crippen LogP contribution in [0.2, 0.25) is 0 Å². The zero-order chi connectivity index (χ0) is 8.55. The minimum Gasteiger partial charge on any atom is -0.506 e. The van der Waals surface area contributed by atoms with Crippen molar-refractivity contribution in [2.24, 2.45) is 0 Å². The predicted molar refractivity (Wildman–Crippen MR) is 48.9 cm³/mol. The Balaban J connectivity index is 2.94. The quantitative estimate of drug-likeness (QED) is 0.698. The zero-order valence-corrected chi connectivity index (χ0v) is 7.62. The van der Waals surface area contributed by atoms with E-state index < -0.39 is 0 Å². The summed E-state index contributed by atoms with van der Waals surface area (Å²) in [5, 5.41) is 11.0. The first-order valence-corrected chi connectivity index (χ1v) is 4.15. The van der Waals surface area contributed by atoms with Crippen LogP contribution >= 0.6 is 15.9 Å². The van der Waals surface area contributed by atoms with E-state index in [4.69, 9.17) is 0 Å². The molecule has 2 aromatic rings. The normalized spacial score (nSPS) is 10.4. The largest absolute Gasteiger partial charge is 0.506 e. The molecule has 4 heteroatoms. The molecule has 1 N–H and O–H groups in total. The average Bonchev–Trinajstić information content (AvgIpc) is 2.07. The maximum absolute atomic E-state index is 9.38. The lowest BCUT2D eigenvalue weighted by atomic mass is 10.2. The first kappa shape index (κ1) is 7.49. The molecular weight excluding hydrogens is 220 g/mol. The Labute approximate surface area is 77.2 Å². The van der Waals surface area contributed by atoms with E-state index >= 15 is 0 Å². The van der Waals surface area contributed by atoms with Gasteiger partial charge in [-0.2, -0.15) is 0 Å². The second kappa shape index (κ2) is 2.71. The van der Waals surface area contributed by atoms with Crippen molar-refractivity contribution >= 4 is 26.7 Å². The monoisotopic (exact) mass is 224 g/mol. The van der Waals surface area contributed by atoms with Gasteiger partial charge in [-0.15, -0.1) is 0 Å². The van der Waals surface area contributed by atoms with Crippen LogP contribution in [0.25, 0.3) is 10.8 Å². The third-order valence-electron chi connectivity index (χ3n) is 1.62. The molecule has 2 heterocycles. The molecular formula is C8H5BrN2O. The summed E-state index contributed by atoms with van der Waals surface area (Å²) in [6.07, 6.45) is 4.70. The first-order chi connectivity index (χ1) is 5.79. The molecule has 60 valence electrons. The van der Waals surface area contributed by atoms with Crippen LogP contribution in [0, 0.1) is 0 Å². The molecule has 0 saturated carbocycles. The van der Waals surface area contributed by atoms with Gasteiger partial charge in [0.05, 0.1) is 6.20 Å². The van der Waals surface area contributed by atoms with Crippen LogP contribution in [-0.4, -0.2) is 15.1 Å². The van der Waals surface area contributed by atoms with Gasteiger partial charge in [-0.05, 0) is 22.0 Å². The Bertz CT molecular complexity index is 389. The minimum atomic E-state index is 0.176. The van der Waals surface area contributed by atoms with E-state index in [0.29, 0.717) is 4.60 Å². The molecule has 0 unspecified atom stereocenters. The number of rotatable bonds is 0. The highest BCUT2D eigenvalue weighted by atomic mass is 79.9. The lowest BCUT2D eigenvalue weighted by molar-refractivity contribution is 0.479. The highest BCUT2D eigenvalue weighted by Crippen LogP contribution is 2.26. The van der Waals surface area contributed by atoms with E-state index in [0.717, 1.165) is 10.8 Å². The molecule has 0 aliphatic carbocycles. The van der Waals surface area contributed by atoms with Crippen LogP contribution < -0.4 is 0 Å². The molecule has 12 heavy (non-hydrogen) atoms. The Kier molecular flexibility index (Phi) is 1.69. The van der Waals surface area contributed by atoms with Crippen molar-refractivity contribution in [1.82, 2.24) is 9.97 Å². The number of halogens is 1. The molecule has 0 fully saturated rings. The molecule has 0 radical (unpaired) electrons. The van der Waals surface area contributed by atoms with Crippen molar-refractivity contribution in [3.05, 3.63) is 29.3 Å². The number of hydrogen-bond donors (Lipinski definition) is 1. The molecule has 0 atom stereocenters. The molecule has 3 nitrogen and oxygen atoms in total. The van der Waals surface area contributed by atoms with Gasteiger partial charge in [-0.1, -0.05) is 0 Å². The fourth-order valence-electron chi connectivity index (χ4n) is 1.05. The van der Waals surface area contributed by atoms with Crippen molar-refractivity contribution < 1.29 is 5.11 Å². The fraction of sp³-hybridized carbons (Fsp3) is 0. The Morgan fingerprint density at radius 3 is 2.83 bits per heavy atom. The van der Waals surface area contributed by atoms with Gasteiger partial charge in [0.15, 0.2) is 0 Å². The molecule has 0 saturated heterocycles. The van der Waals surface area contributed by atoms with Crippen molar-refractivity contribution in [3.63, 3.8) is 0 Å². The fourth-order valence-corrected chi connectivity index (χ4v) is 1.48. The van der Waals surface area contributed by atoms with Gasteiger partial charge in [-0.25, -0.2) is 4.98 Å². The summed E-state index contributed by atoms with van der Waals surface area (Å²) >= 11 is 3.27. The summed E-state index contributed by atoms with van der Waals surface area (Å²) in [5.74, 6) is 0.176. The van der Waals surface area contributed by atoms with Gasteiger partial charge >= 0.3 is 0 Å². The van der Waals surface area contributed by atoms with Gasteiger partial charge in [0.25, 0.3) is 0 Å². The minimum absolute atomic E-state index is 0.176. The number of aromatic hydroxyl groups is 1. The van der Waals surface area contributed by atoms with Crippen LogP contribution in [0.15, 0.2) is 29.3 Å². The van der Waals surface area contributed by atoms with Crippen LogP contribution in [0.3, 0.4) is 0 Å². The van der Waals surface area contributed by atoms with Gasteiger partial charge in [0, 0.05) is 23.2 Å². The summed E-state index contributed by atoms with van der Waals surface area (Å²) in [6.45, 7) is 0. The molecule has 0 bridgehead atoms. The zero-order valence-electron chi connectivity index (χ0n) is 6.03. The Morgan fingerprint density at radius 1 is 1.25 bits per heavy atom. The SMILES string of the molecule is Oc1cncc2c(Br)nccc12. The number of nitrogens with zero attached hydrogens (tertiary/aromatic N) is 2. The maximum atomic E-state index is 9.38.